The summed E-state index contributed by atoms with van der Waals surface area (Å²) in [4.78, 5) is 8.42. The molecule has 2 aliphatic heterocycles. The highest BCUT2D eigenvalue weighted by Crippen LogP contribution is 2.39. The summed E-state index contributed by atoms with van der Waals surface area (Å²) in [6.45, 7) is 2.11. The fourth-order valence-corrected chi connectivity index (χ4v) is 3.82. The molecule has 0 amide bonds. The van der Waals surface area contributed by atoms with Gasteiger partial charge in [-0.05, 0) is 50.5 Å². The molecule has 0 spiro atoms. The van der Waals surface area contributed by atoms with E-state index in [4.69, 9.17) is 9.72 Å². The van der Waals surface area contributed by atoms with Crippen molar-refractivity contribution in [2.45, 2.75) is 44.2 Å². The van der Waals surface area contributed by atoms with Crippen LogP contribution in [-0.2, 0) is 0 Å². The number of benzene rings is 1. The molecule has 1 aromatic carbocycles. The highest BCUT2D eigenvalue weighted by atomic mass is 16.5. The van der Waals surface area contributed by atoms with Gasteiger partial charge in [0.05, 0.1) is 12.8 Å². The van der Waals surface area contributed by atoms with Crippen LogP contribution in [0.4, 0.5) is 0 Å². The second kappa shape index (κ2) is 4.88. The fraction of sp³-hybridized carbons (Fsp3) is 0.471. The molecule has 2 fully saturated rings. The van der Waals surface area contributed by atoms with Gasteiger partial charge in [0, 0.05) is 29.3 Å². The fourth-order valence-electron chi connectivity index (χ4n) is 3.82. The summed E-state index contributed by atoms with van der Waals surface area (Å²) in [5, 5.41) is 3.68. The first kappa shape index (κ1) is 12.9. The summed E-state index contributed by atoms with van der Waals surface area (Å²) in [5.74, 6) is 2.58. The molecule has 0 saturated carbocycles. The topological polar surface area (TPSA) is 49.9 Å². The average Bonchev–Trinajstić information content (AvgIpc) is 3.22. The lowest BCUT2D eigenvalue weighted by Crippen LogP contribution is -2.22. The third-order valence-corrected chi connectivity index (χ3v) is 4.92. The molecule has 2 N–H and O–H groups in total. The van der Waals surface area contributed by atoms with Gasteiger partial charge in [-0.15, -0.1) is 0 Å². The van der Waals surface area contributed by atoms with Crippen LogP contribution in [0.1, 0.15) is 36.7 Å². The third kappa shape index (κ3) is 2.14. The van der Waals surface area contributed by atoms with Crippen LogP contribution in [0.15, 0.2) is 24.3 Å². The van der Waals surface area contributed by atoms with Crippen molar-refractivity contribution in [1.82, 2.24) is 15.3 Å². The highest BCUT2D eigenvalue weighted by Gasteiger charge is 2.41. The van der Waals surface area contributed by atoms with Crippen LogP contribution < -0.4 is 10.1 Å². The molecule has 3 unspecified atom stereocenters. The lowest BCUT2D eigenvalue weighted by molar-refractivity contribution is 0.415. The van der Waals surface area contributed by atoms with Gasteiger partial charge in [-0.1, -0.05) is 0 Å². The maximum Gasteiger partial charge on any atom is 0.118 e. The Hall–Kier alpha value is -1.81. The lowest BCUT2D eigenvalue weighted by atomic mass is 9.89. The van der Waals surface area contributed by atoms with E-state index in [0.29, 0.717) is 18.0 Å². The Labute approximate surface area is 124 Å². The second-order valence-electron chi connectivity index (χ2n) is 6.21. The van der Waals surface area contributed by atoms with E-state index in [1.54, 1.807) is 7.11 Å². The second-order valence-corrected chi connectivity index (χ2v) is 6.21. The summed E-state index contributed by atoms with van der Waals surface area (Å²) < 4.78 is 5.22. The van der Waals surface area contributed by atoms with Gasteiger partial charge in [-0.25, -0.2) is 4.98 Å². The van der Waals surface area contributed by atoms with Crippen molar-refractivity contribution in [3.63, 3.8) is 0 Å². The summed E-state index contributed by atoms with van der Waals surface area (Å²) in [5.41, 5.74) is 3.36. The molecule has 4 rings (SSSR count). The van der Waals surface area contributed by atoms with Crippen LogP contribution in [0.25, 0.3) is 11.3 Å². The quantitative estimate of drug-likeness (QED) is 0.910. The first-order valence-corrected chi connectivity index (χ1v) is 7.71. The van der Waals surface area contributed by atoms with E-state index in [-0.39, 0.29) is 0 Å². The van der Waals surface area contributed by atoms with E-state index in [0.717, 1.165) is 28.5 Å². The molecule has 4 heteroatoms. The summed E-state index contributed by atoms with van der Waals surface area (Å²) in [6, 6.07) is 9.44. The minimum atomic E-state index is 0.550. The Balaban J connectivity index is 1.64. The third-order valence-electron chi connectivity index (χ3n) is 4.92. The lowest BCUT2D eigenvalue weighted by Gasteiger charge is -2.17. The molecule has 3 heterocycles. The van der Waals surface area contributed by atoms with E-state index in [2.05, 4.69) is 29.4 Å². The smallest absolute Gasteiger partial charge is 0.118 e. The summed E-state index contributed by atoms with van der Waals surface area (Å²) in [6.07, 6.45) is 3.83. The van der Waals surface area contributed by atoms with Crippen molar-refractivity contribution < 1.29 is 4.74 Å². The van der Waals surface area contributed by atoms with Crippen molar-refractivity contribution in [3.8, 4) is 17.0 Å². The number of aryl methyl sites for hydroxylation is 1. The molecule has 4 nitrogen and oxygen atoms in total. The predicted molar refractivity (Wildman–Crippen MR) is 82.6 cm³/mol. The first-order valence-electron chi connectivity index (χ1n) is 7.71. The zero-order valence-corrected chi connectivity index (χ0v) is 12.5. The van der Waals surface area contributed by atoms with Crippen LogP contribution in [-0.4, -0.2) is 29.2 Å². The minimum Gasteiger partial charge on any atom is -0.497 e. The number of nitrogens with one attached hydrogen (secondary N) is 2. The van der Waals surface area contributed by atoms with Gasteiger partial charge in [0.1, 0.15) is 11.6 Å². The maximum atomic E-state index is 5.22. The van der Waals surface area contributed by atoms with Gasteiger partial charge < -0.3 is 15.0 Å². The first-order chi connectivity index (χ1) is 10.2. The van der Waals surface area contributed by atoms with E-state index in [9.17, 15) is 0 Å². The number of aromatic nitrogens is 2. The molecule has 3 atom stereocenters. The number of hydrogen-bond donors (Lipinski definition) is 2. The van der Waals surface area contributed by atoms with Crippen molar-refractivity contribution in [3.05, 3.63) is 35.8 Å². The number of nitrogens with zero attached hydrogens (tertiary/aromatic N) is 1. The van der Waals surface area contributed by atoms with Crippen LogP contribution in [0.2, 0.25) is 0 Å². The van der Waals surface area contributed by atoms with Crippen molar-refractivity contribution >= 4 is 0 Å². The van der Waals surface area contributed by atoms with Crippen molar-refractivity contribution in [1.29, 1.82) is 0 Å². The number of ether oxygens (including phenoxy) is 1. The molecule has 1 aromatic heterocycles. The van der Waals surface area contributed by atoms with Crippen LogP contribution >= 0.6 is 0 Å². The normalized spacial score (nSPS) is 27.2. The minimum absolute atomic E-state index is 0.550. The predicted octanol–water partition coefficient (Wildman–Crippen LogP) is 3.00. The number of aromatic amines is 1. The Morgan fingerprint density at radius 1 is 1.19 bits per heavy atom. The van der Waals surface area contributed by atoms with E-state index >= 15 is 0 Å². The average molecular weight is 283 g/mol. The maximum absolute atomic E-state index is 5.22. The molecule has 2 aliphatic rings. The van der Waals surface area contributed by atoms with Gasteiger partial charge in [0.2, 0.25) is 0 Å². The van der Waals surface area contributed by atoms with Gasteiger partial charge in [0.15, 0.2) is 0 Å². The Morgan fingerprint density at radius 2 is 2.00 bits per heavy atom. The molecule has 2 saturated heterocycles. The standard InChI is InChI=1S/C17H21N3O/c1-10-16(11-3-6-13(21-2)7-4-11)20-17(18-10)14-9-12-5-8-15(14)19-12/h3-4,6-7,12,14-15,19H,5,8-9H2,1-2H3,(H,18,20). The van der Waals surface area contributed by atoms with E-state index < -0.39 is 0 Å². The molecule has 0 aliphatic carbocycles. The Morgan fingerprint density at radius 3 is 2.62 bits per heavy atom. The van der Waals surface area contributed by atoms with Gasteiger partial charge in [-0.2, -0.15) is 0 Å². The summed E-state index contributed by atoms with van der Waals surface area (Å²) in [7, 11) is 1.69. The number of H-pyrrole nitrogens is 1. The SMILES string of the molecule is COc1ccc(-c2nc(C3CC4CCC3N4)[nH]c2C)cc1. The molecule has 2 aromatic rings. The van der Waals surface area contributed by atoms with Crippen molar-refractivity contribution in [2.75, 3.05) is 7.11 Å². The largest absolute Gasteiger partial charge is 0.497 e. The van der Waals surface area contributed by atoms with Gasteiger partial charge in [-0.3, -0.25) is 0 Å². The zero-order valence-electron chi connectivity index (χ0n) is 12.5. The van der Waals surface area contributed by atoms with Crippen molar-refractivity contribution in [2.24, 2.45) is 0 Å². The number of methoxy groups -OCH3 is 1. The highest BCUT2D eigenvalue weighted by molar-refractivity contribution is 5.63. The van der Waals surface area contributed by atoms with E-state index in [1.807, 2.05) is 12.1 Å². The number of imidazole rings is 1. The van der Waals surface area contributed by atoms with Crippen LogP contribution in [0.3, 0.4) is 0 Å². The number of hydrogen-bond acceptors (Lipinski definition) is 3. The summed E-state index contributed by atoms with van der Waals surface area (Å²) >= 11 is 0. The molecular formula is C17H21N3O. The monoisotopic (exact) mass is 283 g/mol. The van der Waals surface area contributed by atoms with E-state index in [1.165, 1.54) is 19.3 Å². The van der Waals surface area contributed by atoms with Gasteiger partial charge in [0.25, 0.3) is 0 Å². The number of rotatable bonds is 3. The molecule has 21 heavy (non-hydrogen) atoms. The Bertz CT molecular complexity index is 647. The van der Waals surface area contributed by atoms with Crippen LogP contribution in [0.5, 0.6) is 5.75 Å². The number of fused-ring (bicyclic) bond motifs is 2. The molecular weight excluding hydrogens is 262 g/mol. The Kier molecular flexibility index (Phi) is 3.00. The molecule has 110 valence electrons. The molecule has 2 bridgehead atoms. The zero-order chi connectivity index (χ0) is 14.4. The van der Waals surface area contributed by atoms with Gasteiger partial charge >= 0.3 is 0 Å². The molecule has 0 radical (unpaired) electrons. The van der Waals surface area contributed by atoms with Crippen LogP contribution in [0, 0.1) is 6.92 Å².